The van der Waals surface area contributed by atoms with Gasteiger partial charge in [0, 0.05) is 12.1 Å². The van der Waals surface area contributed by atoms with Crippen LogP contribution in [0.3, 0.4) is 0 Å². The highest BCUT2D eigenvalue weighted by molar-refractivity contribution is 6.54. The minimum absolute atomic E-state index is 0.235. The van der Waals surface area contributed by atoms with E-state index in [1.807, 2.05) is 42.5 Å². The minimum Gasteiger partial charge on any atom is -0.428 e. The molecule has 0 unspecified atom stereocenters. The number of alkyl halides is 2. The third-order valence-electron chi connectivity index (χ3n) is 3.85. The Labute approximate surface area is 154 Å². The number of anilines is 1. The molecule has 0 bridgehead atoms. The lowest BCUT2D eigenvalue weighted by Crippen LogP contribution is -2.35. The van der Waals surface area contributed by atoms with Gasteiger partial charge in [-0.25, -0.2) is 4.79 Å². The van der Waals surface area contributed by atoms with Gasteiger partial charge in [0.15, 0.2) is 4.84 Å². The third kappa shape index (κ3) is 3.86. The average molecular weight is 376 g/mol. The van der Waals surface area contributed by atoms with Gasteiger partial charge in [-0.2, -0.15) is 0 Å². The van der Waals surface area contributed by atoms with Gasteiger partial charge in [0.05, 0.1) is 12.2 Å². The Morgan fingerprint density at radius 1 is 1.12 bits per heavy atom. The van der Waals surface area contributed by atoms with Crippen LogP contribution in [-0.4, -0.2) is 10.7 Å². The van der Waals surface area contributed by atoms with E-state index in [0.29, 0.717) is 11.4 Å². The van der Waals surface area contributed by atoms with E-state index in [1.165, 1.54) is 11.0 Å². The second kappa shape index (κ2) is 7.30. The fourth-order valence-electron chi connectivity index (χ4n) is 2.76. The highest BCUT2D eigenvalue weighted by atomic mass is 35.5. The number of carbonyl (C=O) groups excluding carboxylic acids is 1. The zero-order valence-corrected chi connectivity index (χ0v) is 14.9. The van der Waals surface area contributed by atoms with E-state index in [-0.39, 0.29) is 6.54 Å². The molecule has 0 spiro atoms. The van der Waals surface area contributed by atoms with Crippen molar-refractivity contribution in [2.75, 3.05) is 4.90 Å². The van der Waals surface area contributed by atoms with Crippen molar-refractivity contribution in [2.45, 2.75) is 18.3 Å². The highest BCUT2D eigenvalue weighted by Crippen LogP contribution is 2.25. The Hall–Kier alpha value is -2.30. The maximum absolute atomic E-state index is 12.5. The van der Waals surface area contributed by atoms with Crippen LogP contribution in [0.2, 0.25) is 0 Å². The van der Waals surface area contributed by atoms with Gasteiger partial charge >= 0.3 is 5.63 Å². The Balaban J connectivity index is 2.09. The maximum atomic E-state index is 12.5. The van der Waals surface area contributed by atoms with E-state index < -0.39 is 16.4 Å². The summed E-state index contributed by atoms with van der Waals surface area (Å²) in [7, 11) is 0. The molecule has 2 aromatic carbocycles. The number of carbonyl (C=O) groups is 1. The number of halogens is 2. The molecule has 1 aromatic heterocycles. The Morgan fingerprint density at radius 2 is 1.84 bits per heavy atom. The largest absolute Gasteiger partial charge is 0.428 e. The summed E-state index contributed by atoms with van der Waals surface area (Å²) in [5.74, 6) is -0.0971. The van der Waals surface area contributed by atoms with Crippen LogP contribution in [0.5, 0.6) is 0 Å². The zero-order chi connectivity index (χ0) is 18.0. The Morgan fingerprint density at radius 3 is 2.56 bits per heavy atom. The summed E-state index contributed by atoms with van der Waals surface area (Å²) in [6.45, 7) is 1.88. The van der Waals surface area contributed by atoms with Crippen molar-refractivity contribution in [1.29, 1.82) is 0 Å². The van der Waals surface area contributed by atoms with E-state index in [4.69, 9.17) is 27.6 Å². The normalized spacial score (nSPS) is 11.0. The molecule has 0 saturated heterocycles. The summed E-state index contributed by atoms with van der Waals surface area (Å²) in [5.41, 5.74) is 0.788. The van der Waals surface area contributed by atoms with E-state index in [2.05, 4.69) is 0 Å². The fourth-order valence-corrected chi connectivity index (χ4v) is 2.99. The molecule has 0 aliphatic carbocycles. The van der Waals surface area contributed by atoms with Gasteiger partial charge in [0.2, 0.25) is 0 Å². The number of nitrogens with zero attached hydrogens (tertiary/aromatic N) is 1. The summed E-state index contributed by atoms with van der Waals surface area (Å²) >= 11 is 11.6. The molecule has 0 saturated carbocycles. The first kappa shape index (κ1) is 17.5. The van der Waals surface area contributed by atoms with Crippen molar-refractivity contribution in [3.63, 3.8) is 0 Å². The van der Waals surface area contributed by atoms with E-state index in [1.54, 1.807) is 13.0 Å². The first-order valence-electron chi connectivity index (χ1n) is 7.63. The van der Waals surface area contributed by atoms with E-state index in [9.17, 15) is 9.59 Å². The zero-order valence-electron chi connectivity index (χ0n) is 13.4. The van der Waals surface area contributed by atoms with Crippen LogP contribution in [0, 0.1) is 6.92 Å². The third-order valence-corrected chi connectivity index (χ3v) is 4.22. The molecule has 3 aromatic rings. The van der Waals surface area contributed by atoms with Crippen molar-refractivity contribution in [3.05, 3.63) is 76.3 Å². The van der Waals surface area contributed by atoms with Gasteiger partial charge in [-0.05, 0) is 23.3 Å². The topological polar surface area (TPSA) is 50.5 Å². The quantitative estimate of drug-likeness (QED) is 0.633. The predicted molar refractivity (Wildman–Crippen MR) is 100 cm³/mol. The molecule has 1 amide bonds. The van der Waals surface area contributed by atoms with Gasteiger partial charge < -0.3 is 9.32 Å². The van der Waals surface area contributed by atoms with Crippen LogP contribution >= 0.6 is 23.2 Å². The molecule has 3 rings (SSSR count). The lowest BCUT2D eigenvalue weighted by Gasteiger charge is -2.24. The molecule has 0 radical (unpaired) electrons. The number of amides is 1. The van der Waals surface area contributed by atoms with Crippen molar-refractivity contribution in [2.24, 2.45) is 0 Å². The lowest BCUT2D eigenvalue weighted by atomic mass is 10.0. The Bertz CT molecular complexity index is 976. The second-order valence-electron chi connectivity index (χ2n) is 5.61. The van der Waals surface area contributed by atoms with Crippen LogP contribution in [-0.2, 0) is 11.3 Å². The molecule has 128 valence electrons. The molecule has 0 N–H and O–H groups in total. The van der Waals surface area contributed by atoms with Gasteiger partial charge in [-0.1, -0.05) is 65.7 Å². The molecule has 25 heavy (non-hydrogen) atoms. The van der Waals surface area contributed by atoms with Crippen LogP contribution < -0.4 is 10.5 Å². The van der Waals surface area contributed by atoms with Crippen molar-refractivity contribution < 1.29 is 9.21 Å². The van der Waals surface area contributed by atoms with Crippen molar-refractivity contribution in [3.8, 4) is 0 Å². The highest BCUT2D eigenvalue weighted by Gasteiger charge is 2.23. The number of hydrogen-bond acceptors (Lipinski definition) is 3. The van der Waals surface area contributed by atoms with Gasteiger partial charge in [0.1, 0.15) is 5.76 Å². The molecule has 0 aliphatic rings. The number of aryl methyl sites for hydroxylation is 1. The molecule has 0 aliphatic heterocycles. The summed E-state index contributed by atoms with van der Waals surface area (Å²) in [4.78, 5) is 24.4. The molecular formula is C19H15Cl2NO3. The number of benzene rings is 2. The first-order chi connectivity index (χ1) is 12.0. The first-order valence-corrected chi connectivity index (χ1v) is 8.51. The average Bonchev–Trinajstić information content (AvgIpc) is 2.58. The van der Waals surface area contributed by atoms with Gasteiger partial charge in [0.25, 0.3) is 5.91 Å². The van der Waals surface area contributed by atoms with Crippen LogP contribution in [0.15, 0.2) is 63.8 Å². The number of fused-ring (bicyclic) bond motifs is 1. The standard InChI is InChI=1S/C19H15Cl2NO3/c1-12-9-15(10-17(23)25-12)22(19(24)18(20)21)11-14-7-4-6-13-5-2-3-8-16(13)14/h2-10,18H,11H2,1H3. The smallest absolute Gasteiger partial charge is 0.337 e. The van der Waals surface area contributed by atoms with Crippen LogP contribution in [0.25, 0.3) is 10.8 Å². The molecule has 6 heteroatoms. The molecular weight excluding hydrogens is 361 g/mol. The molecule has 4 nitrogen and oxygen atoms in total. The summed E-state index contributed by atoms with van der Waals surface area (Å²) in [6, 6.07) is 16.6. The van der Waals surface area contributed by atoms with Gasteiger partial charge in [-0.3, -0.25) is 4.79 Å². The second-order valence-corrected chi connectivity index (χ2v) is 6.70. The van der Waals surface area contributed by atoms with Crippen LogP contribution in [0.4, 0.5) is 5.69 Å². The molecule has 1 heterocycles. The monoisotopic (exact) mass is 375 g/mol. The van der Waals surface area contributed by atoms with Crippen molar-refractivity contribution >= 4 is 45.6 Å². The summed E-state index contributed by atoms with van der Waals surface area (Å²) in [5, 5.41) is 2.08. The minimum atomic E-state index is -1.23. The number of rotatable bonds is 4. The van der Waals surface area contributed by atoms with E-state index in [0.717, 1.165) is 16.3 Å². The van der Waals surface area contributed by atoms with E-state index >= 15 is 0 Å². The molecule has 0 atom stereocenters. The Kier molecular flexibility index (Phi) is 5.11. The predicted octanol–water partition coefficient (Wildman–Crippen LogP) is 4.44. The van der Waals surface area contributed by atoms with Crippen LogP contribution in [0.1, 0.15) is 11.3 Å². The van der Waals surface area contributed by atoms with Gasteiger partial charge in [-0.15, -0.1) is 0 Å². The maximum Gasteiger partial charge on any atom is 0.337 e. The summed E-state index contributed by atoms with van der Waals surface area (Å²) < 4.78 is 4.97. The SMILES string of the molecule is Cc1cc(N(Cc2cccc3ccccc23)C(=O)C(Cl)Cl)cc(=O)o1. The fraction of sp³-hybridized carbons (Fsp3) is 0.158. The number of hydrogen-bond donors (Lipinski definition) is 0. The lowest BCUT2D eigenvalue weighted by molar-refractivity contribution is -0.117. The summed E-state index contributed by atoms with van der Waals surface area (Å²) in [6.07, 6.45) is 0. The van der Waals surface area contributed by atoms with Crippen molar-refractivity contribution in [1.82, 2.24) is 0 Å². The molecule has 0 fully saturated rings.